The predicted molar refractivity (Wildman–Crippen MR) is 77.4 cm³/mol. The SMILES string of the molecule is CNC(=O)Cn1ccc2ccc(NC(=O)C3CC3)cc21. The van der Waals surface area contributed by atoms with Crippen LogP contribution in [0.1, 0.15) is 12.8 Å². The number of hydrogen-bond donors (Lipinski definition) is 2. The topological polar surface area (TPSA) is 63.1 Å². The summed E-state index contributed by atoms with van der Waals surface area (Å²) < 4.78 is 1.88. The van der Waals surface area contributed by atoms with Crippen LogP contribution in [-0.2, 0) is 16.1 Å². The quantitative estimate of drug-likeness (QED) is 0.889. The van der Waals surface area contributed by atoms with E-state index in [0.29, 0.717) is 0 Å². The first-order chi connectivity index (χ1) is 9.67. The maximum atomic E-state index is 11.8. The van der Waals surface area contributed by atoms with Crippen molar-refractivity contribution in [3.63, 3.8) is 0 Å². The van der Waals surface area contributed by atoms with Crippen LogP contribution in [0.3, 0.4) is 0 Å². The van der Waals surface area contributed by atoms with Crippen LogP contribution in [0.5, 0.6) is 0 Å². The fourth-order valence-corrected chi connectivity index (χ4v) is 2.22. The van der Waals surface area contributed by atoms with Crippen LogP contribution in [0.15, 0.2) is 30.5 Å². The number of nitrogens with one attached hydrogen (secondary N) is 2. The number of nitrogens with zero attached hydrogens (tertiary/aromatic N) is 1. The third-order valence-electron chi connectivity index (χ3n) is 3.58. The first kappa shape index (κ1) is 12.7. The van der Waals surface area contributed by atoms with Gasteiger partial charge in [-0.1, -0.05) is 6.07 Å². The van der Waals surface area contributed by atoms with Crippen molar-refractivity contribution in [1.82, 2.24) is 9.88 Å². The molecule has 2 N–H and O–H groups in total. The van der Waals surface area contributed by atoms with Gasteiger partial charge in [-0.05, 0) is 36.4 Å². The van der Waals surface area contributed by atoms with E-state index in [-0.39, 0.29) is 24.3 Å². The minimum atomic E-state index is -0.0464. The number of carbonyl (C=O) groups excluding carboxylic acids is 2. The van der Waals surface area contributed by atoms with Crippen LogP contribution >= 0.6 is 0 Å². The van der Waals surface area contributed by atoms with Gasteiger partial charge in [-0.25, -0.2) is 0 Å². The maximum absolute atomic E-state index is 11.8. The van der Waals surface area contributed by atoms with Crippen LogP contribution in [0.4, 0.5) is 5.69 Å². The summed E-state index contributed by atoms with van der Waals surface area (Å²) in [4.78, 5) is 23.3. The zero-order chi connectivity index (χ0) is 14.1. The minimum Gasteiger partial charge on any atom is -0.358 e. The number of hydrogen-bond acceptors (Lipinski definition) is 2. The normalized spacial score (nSPS) is 14.2. The summed E-state index contributed by atoms with van der Waals surface area (Å²) in [5.74, 6) is 0.229. The molecule has 0 radical (unpaired) electrons. The summed E-state index contributed by atoms with van der Waals surface area (Å²) in [6.45, 7) is 0.278. The maximum Gasteiger partial charge on any atom is 0.239 e. The Morgan fingerprint density at radius 1 is 1.30 bits per heavy atom. The molecule has 1 aliphatic rings. The Morgan fingerprint density at radius 2 is 2.10 bits per heavy atom. The molecule has 2 amide bonds. The van der Waals surface area contributed by atoms with Crippen LogP contribution in [0.2, 0.25) is 0 Å². The molecule has 1 aliphatic carbocycles. The fraction of sp³-hybridized carbons (Fsp3) is 0.333. The molecule has 0 spiro atoms. The van der Waals surface area contributed by atoms with E-state index in [1.807, 2.05) is 35.0 Å². The van der Waals surface area contributed by atoms with Crippen molar-refractivity contribution >= 4 is 28.4 Å². The molecule has 20 heavy (non-hydrogen) atoms. The summed E-state index contributed by atoms with van der Waals surface area (Å²) in [5, 5.41) is 6.59. The van der Waals surface area contributed by atoms with Gasteiger partial charge in [-0.2, -0.15) is 0 Å². The number of aromatic nitrogens is 1. The lowest BCUT2D eigenvalue weighted by Gasteiger charge is -2.07. The lowest BCUT2D eigenvalue weighted by molar-refractivity contribution is -0.121. The van der Waals surface area contributed by atoms with E-state index in [2.05, 4.69) is 10.6 Å². The molecule has 0 saturated heterocycles. The summed E-state index contributed by atoms with van der Waals surface area (Å²) in [5.41, 5.74) is 1.73. The van der Waals surface area contributed by atoms with Crippen molar-refractivity contribution in [1.29, 1.82) is 0 Å². The summed E-state index contributed by atoms with van der Waals surface area (Å²) in [7, 11) is 1.62. The lowest BCUT2D eigenvalue weighted by atomic mass is 10.2. The molecule has 104 valence electrons. The van der Waals surface area contributed by atoms with Gasteiger partial charge in [0.05, 0.1) is 5.52 Å². The van der Waals surface area contributed by atoms with Gasteiger partial charge in [0.2, 0.25) is 11.8 Å². The van der Waals surface area contributed by atoms with Crippen molar-refractivity contribution in [3.8, 4) is 0 Å². The molecule has 0 atom stereocenters. The third-order valence-corrected chi connectivity index (χ3v) is 3.58. The lowest BCUT2D eigenvalue weighted by Crippen LogP contribution is -2.23. The second-order valence-electron chi connectivity index (χ2n) is 5.15. The molecule has 5 nitrogen and oxygen atoms in total. The van der Waals surface area contributed by atoms with Gasteiger partial charge >= 0.3 is 0 Å². The fourth-order valence-electron chi connectivity index (χ4n) is 2.22. The first-order valence-corrected chi connectivity index (χ1v) is 6.78. The van der Waals surface area contributed by atoms with Crippen molar-refractivity contribution in [2.75, 3.05) is 12.4 Å². The Morgan fingerprint density at radius 3 is 2.80 bits per heavy atom. The van der Waals surface area contributed by atoms with Crippen LogP contribution in [0, 0.1) is 5.92 Å². The molecule has 5 heteroatoms. The highest BCUT2D eigenvalue weighted by Gasteiger charge is 2.29. The molecular formula is C15H17N3O2. The van der Waals surface area contributed by atoms with Crippen molar-refractivity contribution in [2.45, 2.75) is 19.4 Å². The van der Waals surface area contributed by atoms with Crippen molar-refractivity contribution in [2.24, 2.45) is 5.92 Å². The van der Waals surface area contributed by atoms with E-state index in [1.165, 1.54) is 0 Å². The average molecular weight is 271 g/mol. The average Bonchev–Trinajstić information content (AvgIpc) is 3.23. The van der Waals surface area contributed by atoms with E-state index in [1.54, 1.807) is 7.05 Å². The van der Waals surface area contributed by atoms with Gasteiger partial charge in [-0.15, -0.1) is 0 Å². The zero-order valence-electron chi connectivity index (χ0n) is 11.3. The van der Waals surface area contributed by atoms with E-state index in [0.717, 1.165) is 29.4 Å². The van der Waals surface area contributed by atoms with E-state index in [4.69, 9.17) is 0 Å². The standard InChI is InChI=1S/C15H17N3O2/c1-16-14(19)9-18-7-6-10-4-5-12(8-13(10)18)17-15(20)11-2-3-11/h4-8,11H,2-3,9H2,1H3,(H,16,19)(H,17,20). The second-order valence-corrected chi connectivity index (χ2v) is 5.15. The van der Waals surface area contributed by atoms with Gasteiger partial charge in [0.25, 0.3) is 0 Å². The van der Waals surface area contributed by atoms with Crippen molar-refractivity contribution in [3.05, 3.63) is 30.5 Å². The second kappa shape index (κ2) is 5.00. The zero-order valence-corrected chi connectivity index (χ0v) is 11.3. The number of fused-ring (bicyclic) bond motifs is 1. The number of rotatable bonds is 4. The number of benzene rings is 1. The molecule has 1 fully saturated rings. The highest BCUT2D eigenvalue weighted by molar-refractivity contribution is 5.96. The molecule has 1 saturated carbocycles. The monoisotopic (exact) mass is 271 g/mol. The predicted octanol–water partition coefficient (Wildman–Crippen LogP) is 1.74. The molecule has 1 aromatic carbocycles. The molecule has 0 unspecified atom stereocenters. The van der Waals surface area contributed by atoms with E-state index < -0.39 is 0 Å². The first-order valence-electron chi connectivity index (χ1n) is 6.78. The largest absolute Gasteiger partial charge is 0.358 e. The Kier molecular flexibility index (Phi) is 3.18. The summed E-state index contributed by atoms with van der Waals surface area (Å²) in [6.07, 6.45) is 3.86. The van der Waals surface area contributed by atoms with E-state index >= 15 is 0 Å². The highest BCUT2D eigenvalue weighted by atomic mass is 16.2. The number of likely N-dealkylation sites (N-methyl/N-ethyl adjacent to an activating group) is 1. The molecule has 3 rings (SSSR count). The van der Waals surface area contributed by atoms with Gasteiger partial charge < -0.3 is 15.2 Å². The Hall–Kier alpha value is -2.30. The Labute approximate surface area is 117 Å². The number of carbonyl (C=O) groups is 2. The summed E-state index contributed by atoms with van der Waals surface area (Å²) in [6, 6.07) is 7.73. The van der Waals surface area contributed by atoms with Crippen molar-refractivity contribution < 1.29 is 9.59 Å². The van der Waals surface area contributed by atoms with Crippen LogP contribution < -0.4 is 10.6 Å². The Balaban J connectivity index is 1.86. The highest BCUT2D eigenvalue weighted by Crippen LogP contribution is 2.30. The third kappa shape index (κ3) is 2.52. The van der Waals surface area contributed by atoms with Gasteiger partial charge in [-0.3, -0.25) is 9.59 Å². The molecule has 0 aliphatic heterocycles. The van der Waals surface area contributed by atoms with Gasteiger partial charge in [0.1, 0.15) is 6.54 Å². The number of anilines is 1. The molecule has 2 aromatic rings. The Bertz CT molecular complexity index is 671. The van der Waals surface area contributed by atoms with Gasteiger partial charge in [0, 0.05) is 24.8 Å². The van der Waals surface area contributed by atoms with Crippen LogP contribution in [0.25, 0.3) is 10.9 Å². The van der Waals surface area contributed by atoms with Gasteiger partial charge in [0.15, 0.2) is 0 Å². The molecular weight excluding hydrogens is 254 g/mol. The molecule has 1 aromatic heterocycles. The molecule has 1 heterocycles. The van der Waals surface area contributed by atoms with E-state index in [9.17, 15) is 9.59 Å². The minimum absolute atomic E-state index is 0.0464. The number of amides is 2. The smallest absolute Gasteiger partial charge is 0.239 e. The molecule has 0 bridgehead atoms. The summed E-state index contributed by atoms with van der Waals surface area (Å²) >= 11 is 0. The van der Waals surface area contributed by atoms with Crippen LogP contribution in [-0.4, -0.2) is 23.4 Å².